The Kier molecular flexibility index (Phi) is 3.43. The molecule has 2 atom stereocenters. The molecule has 0 amide bonds. The summed E-state index contributed by atoms with van der Waals surface area (Å²) in [6.45, 7) is 4.31. The van der Waals surface area contributed by atoms with Gasteiger partial charge in [0.15, 0.2) is 0 Å². The van der Waals surface area contributed by atoms with Gasteiger partial charge in [-0.1, -0.05) is 36.4 Å². The monoisotopic (exact) mass is 246 g/mol. The van der Waals surface area contributed by atoms with E-state index in [1.165, 1.54) is 32.9 Å². The summed E-state index contributed by atoms with van der Waals surface area (Å²) < 4.78 is 0. The van der Waals surface area contributed by atoms with Crippen LogP contribution in [0.2, 0.25) is 0 Å². The van der Waals surface area contributed by atoms with Crippen LogP contribution < -0.4 is 10.6 Å². The summed E-state index contributed by atoms with van der Waals surface area (Å²) in [6.07, 6.45) is 0. The molecule has 0 aromatic heterocycles. The molecule has 0 fully saturated rings. The predicted molar refractivity (Wildman–Crippen MR) is 80.0 cm³/mol. The van der Waals surface area contributed by atoms with E-state index in [0.29, 0.717) is 0 Å². The summed E-state index contributed by atoms with van der Waals surface area (Å²) in [5.41, 5.74) is 5.23. The molecule has 16 heavy (non-hydrogen) atoms. The van der Waals surface area contributed by atoms with Crippen LogP contribution >= 0.6 is 18.5 Å². The van der Waals surface area contributed by atoms with Crippen LogP contribution in [-0.2, 0) is 0 Å². The molecule has 0 aliphatic rings. The molecule has 82 valence electrons. The minimum Gasteiger partial charge on any atom is -0.106 e. The maximum Gasteiger partial charge on any atom is -0.0178 e. The lowest BCUT2D eigenvalue weighted by molar-refractivity contribution is 1.43. The zero-order valence-electron chi connectivity index (χ0n) is 9.62. The van der Waals surface area contributed by atoms with Gasteiger partial charge in [0, 0.05) is 0 Å². The quantitative estimate of drug-likeness (QED) is 0.679. The summed E-state index contributed by atoms with van der Waals surface area (Å²) >= 11 is 0. The van der Waals surface area contributed by atoms with Crippen LogP contribution in [-0.4, -0.2) is 0 Å². The van der Waals surface area contributed by atoms with Gasteiger partial charge in [-0.05, 0) is 46.7 Å². The van der Waals surface area contributed by atoms with E-state index in [9.17, 15) is 0 Å². The standard InChI is InChI=1S/C14H16P2/c1-9-7-12(8-10(2)14(9)16)11-3-5-13(15)6-4-11/h3-8H,15-16H2,1-2H3. The second-order valence-electron chi connectivity index (χ2n) is 4.15. The largest absolute Gasteiger partial charge is 0.106 e. The van der Waals surface area contributed by atoms with Crippen LogP contribution in [0.25, 0.3) is 11.1 Å². The highest BCUT2D eigenvalue weighted by Gasteiger charge is 2.02. The third-order valence-electron chi connectivity index (χ3n) is 2.84. The maximum absolute atomic E-state index is 2.81. The van der Waals surface area contributed by atoms with Gasteiger partial charge in [0.05, 0.1) is 0 Å². The van der Waals surface area contributed by atoms with E-state index < -0.39 is 0 Å². The van der Waals surface area contributed by atoms with Crippen molar-refractivity contribution in [2.45, 2.75) is 13.8 Å². The first-order valence-electron chi connectivity index (χ1n) is 5.30. The Morgan fingerprint density at radius 3 is 1.75 bits per heavy atom. The van der Waals surface area contributed by atoms with Crippen LogP contribution in [0.3, 0.4) is 0 Å². The third kappa shape index (κ3) is 2.34. The molecule has 2 heteroatoms. The normalized spacial score (nSPS) is 10.5. The SMILES string of the molecule is Cc1cc(-c2ccc(P)cc2)cc(C)c1P. The van der Waals surface area contributed by atoms with Gasteiger partial charge in [-0.15, -0.1) is 18.5 Å². The average Bonchev–Trinajstić information content (AvgIpc) is 2.26. The molecule has 0 bridgehead atoms. The van der Waals surface area contributed by atoms with Gasteiger partial charge >= 0.3 is 0 Å². The van der Waals surface area contributed by atoms with E-state index in [4.69, 9.17) is 0 Å². The summed E-state index contributed by atoms with van der Waals surface area (Å²) in [7, 11) is 5.52. The molecule has 0 N–H and O–H groups in total. The lowest BCUT2D eigenvalue weighted by Gasteiger charge is -2.09. The van der Waals surface area contributed by atoms with Crippen molar-refractivity contribution in [2.24, 2.45) is 0 Å². The van der Waals surface area contributed by atoms with Gasteiger partial charge in [-0.3, -0.25) is 0 Å². The number of hydrogen-bond acceptors (Lipinski definition) is 0. The Labute approximate surface area is 102 Å². The topological polar surface area (TPSA) is 0 Å². The van der Waals surface area contributed by atoms with Gasteiger partial charge in [0.1, 0.15) is 0 Å². The summed E-state index contributed by atoms with van der Waals surface area (Å²) in [5.74, 6) is 0. The van der Waals surface area contributed by atoms with Gasteiger partial charge < -0.3 is 0 Å². The molecule has 0 nitrogen and oxygen atoms in total. The van der Waals surface area contributed by atoms with Crippen LogP contribution in [0.15, 0.2) is 36.4 Å². The van der Waals surface area contributed by atoms with E-state index in [-0.39, 0.29) is 0 Å². The van der Waals surface area contributed by atoms with Crippen molar-refractivity contribution in [3.8, 4) is 11.1 Å². The molecule has 0 aliphatic carbocycles. The van der Waals surface area contributed by atoms with Crippen molar-refractivity contribution < 1.29 is 0 Å². The first-order valence-corrected chi connectivity index (χ1v) is 6.46. The Morgan fingerprint density at radius 1 is 0.750 bits per heavy atom. The molecule has 0 aliphatic heterocycles. The van der Waals surface area contributed by atoms with Crippen LogP contribution in [0.4, 0.5) is 0 Å². The predicted octanol–water partition coefficient (Wildman–Crippen LogP) is 2.97. The van der Waals surface area contributed by atoms with E-state index in [2.05, 4.69) is 68.7 Å². The Hall–Kier alpha value is -0.700. The van der Waals surface area contributed by atoms with E-state index in [1.54, 1.807) is 0 Å². The van der Waals surface area contributed by atoms with E-state index >= 15 is 0 Å². The first kappa shape index (κ1) is 11.8. The lowest BCUT2D eigenvalue weighted by Crippen LogP contribution is -2.02. The van der Waals surface area contributed by atoms with Crippen LogP contribution in [0, 0.1) is 13.8 Å². The fourth-order valence-corrected chi connectivity index (χ4v) is 2.18. The number of rotatable bonds is 1. The zero-order valence-corrected chi connectivity index (χ0v) is 11.9. The number of hydrogen-bond donors (Lipinski definition) is 0. The Bertz CT molecular complexity index is 490. The molecule has 0 spiro atoms. The average molecular weight is 246 g/mol. The van der Waals surface area contributed by atoms with Crippen LogP contribution in [0.5, 0.6) is 0 Å². The van der Waals surface area contributed by atoms with Gasteiger partial charge in [0.2, 0.25) is 0 Å². The van der Waals surface area contributed by atoms with Crippen molar-refractivity contribution in [2.75, 3.05) is 0 Å². The molecular weight excluding hydrogens is 230 g/mol. The van der Waals surface area contributed by atoms with Crippen molar-refractivity contribution in [3.63, 3.8) is 0 Å². The summed E-state index contributed by atoms with van der Waals surface area (Å²) in [6, 6.07) is 13.1. The molecule has 2 aromatic carbocycles. The minimum atomic E-state index is 1.22. The molecule has 2 rings (SSSR count). The van der Waals surface area contributed by atoms with Crippen molar-refractivity contribution in [1.82, 2.24) is 0 Å². The number of aryl methyl sites for hydroxylation is 2. The fraction of sp³-hybridized carbons (Fsp3) is 0.143. The molecule has 0 saturated carbocycles. The maximum atomic E-state index is 2.81. The Morgan fingerprint density at radius 2 is 1.25 bits per heavy atom. The number of benzene rings is 2. The van der Waals surface area contributed by atoms with Gasteiger partial charge in [-0.25, -0.2) is 0 Å². The Balaban J connectivity index is 2.52. The molecule has 2 aromatic rings. The molecule has 0 radical (unpaired) electrons. The zero-order chi connectivity index (χ0) is 11.7. The fourth-order valence-electron chi connectivity index (χ4n) is 1.82. The smallest absolute Gasteiger partial charge is 0.0178 e. The highest BCUT2D eigenvalue weighted by atomic mass is 31.0. The van der Waals surface area contributed by atoms with Crippen molar-refractivity contribution >= 4 is 29.1 Å². The van der Waals surface area contributed by atoms with E-state index in [1.807, 2.05) is 0 Å². The van der Waals surface area contributed by atoms with Gasteiger partial charge in [0.25, 0.3) is 0 Å². The second kappa shape index (κ2) is 4.66. The molecule has 0 saturated heterocycles. The minimum absolute atomic E-state index is 1.22. The van der Waals surface area contributed by atoms with Crippen molar-refractivity contribution in [1.29, 1.82) is 0 Å². The van der Waals surface area contributed by atoms with Gasteiger partial charge in [-0.2, -0.15) is 0 Å². The molecular formula is C14H16P2. The third-order valence-corrected chi connectivity index (χ3v) is 4.13. The van der Waals surface area contributed by atoms with Crippen LogP contribution in [0.1, 0.15) is 11.1 Å². The summed E-state index contributed by atoms with van der Waals surface area (Å²) in [4.78, 5) is 0. The summed E-state index contributed by atoms with van der Waals surface area (Å²) in [5, 5.41) is 2.53. The van der Waals surface area contributed by atoms with E-state index in [0.717, 1.165) is 0 Å². The molecule has 2 unspecified atom stereocenters. The second-order valence-corrected chi connectivity index (χ2v) is 5.39. The highest BCUT2D eigenvalue weighted by Crippen LogP contribution is 2.21. The lowest BCUT2D eigenvalue weighted by atomic mass is 10.0. The van der Waals surface area contributed by atoms with Crippen molar-refractivity contribution in [3.05, 3.63) is 47.5 Å². The highest BCUT2D eigenvalue weighted by molar-refractivity contribution is 7.27. The molecule has 0 heterocycles. The first-order chi connectivity index (χ1) is 7.58.